The van der Waals surface area contributed by atoms with Gasteiger partial charge in [-0.15, -0.1) is 0 Å². The summed E-state index contributed by atoms with van der Waals surface area (Å²) >= 11 is 0. The quantitative estimate of drug-likeness (QED) is 0.316. The smallest absolute Gasteiger partial charge is 0.336 e. The molecule has 218 valence electrons. The largest absolute Gasteiger partial charge is 0.416 e. The van der Waals surface area contributed by atoms with Gasteiger partial charge in [-0.1, -0.05) is 12.1 Å². The third-order valence-electron chi connectivity index (χ3n) is 7.01. The Morgan fingerprint density at radius 2 is 1.24 bits per heavy atom. The lowest BCUT2D eigenvalue weighted by Gasteiger charge is -2.33. The predicted molar refractivity (Wildman–Crippen MR) is 133 cm³/mol. The van der Waals surface area contributed by atoms with Gasteiger partial charge in [-0.25, -0.2) is 13.6 Å². The van der Waals surface area contributed by atoms with Crippen LogP contribution >= 0.6 is 0 Å². The summed E-state index contributed by atoms with van der Waals surface area (Å²) in [6.45, 7) is -0.0135. The van der Waals surface area contributed by atoms with Crippen LogP contribution in [-0.2, 0) is 12.4 Å². The number of hydrogen-bond donors (Lipinski definition) is 0. The monoisotopic (exact) mass is 585 g/mol. The Balaban J connectivity index is 1.66. The number of alkyl halides is 6. The number of likely N-dealkylation sites (N-methyl/N-ethyl adjacent to an activating group) is 1. The van der Waals surface area contributed by atoms with E-state index in [1.807, 2.05) is 0 Å². The molecule has 1 heterocycles. The Morgan fingerprint density at radius 1 is 0.756 bits per heavy atom. The van der Waals surface area contributed by atoms with E-state index in [4.69, 9.17) is 0 Å². The van der Waals surface area contributed by atoms with Crippen LogP contribution in [0.5, 0.6) is 0 Å². The number of urea groups is 1. The van der Waals surface area contributed by atoms with Gasteiger partial charge in [0.1, 0.15) is 11.6 Å². The summed E-state index contributed by atoms with van der Waals surface area (Å²) in [5, 5.41) is 0. The second kappa shape index (κ2) is 11.0. The Labute approximate surface area is 229 Å². The SMILES string of the molecule is CN(C(=O)N(C)[C@@H]1CN(C(=O)c2ccc(F)cc2)C[C@H]1c1ccc(F)cc1)c1cc(C(F)(F)F)cc(C(F)(F)F)c1. The van der Waals surface area contributed by atoms with E-state index in [0.29, 0.717) is 22.6 Å². The van der Waals surface area contributed by atoms with Crippen molar-refractivity contribution in [2.75, 3.05) is 32.1 Å². The van der Waals surface area contributed by atoms with Gasteiger partial charge in [0.05, 0.1) is 17.2 Å². The van der Waals surface area contributed by atoms with Gasteiger partial charge in [0.2, 0.25) is 0 Å². The summed E-state index contributed by atoms with van der Waals surface area (Å²) < 4.78 is 107. The molecule has 41 heavy (non-hydrogen) atoms. The van der Waals surface area contributed by atoms with Crippen LogP contribution in [0.15, 0.2) is 66.7 Å². The molecule has 0 saturated carbocycles. The van der Waals surface area contributed by atoms with E-state index in [-0.39, 0.29) is 24.7 Å². The summed E-state index contributed by atoms with van der Waals surface area (Å²) in [4.78, 5) is 29.8. The standard InChI is InChI=1S/C28H23F8N3O2/c1-37(22-12-18(27(31,32)33)11-19(13-22)28(34,35)36)26(41)38(2)24-15-39(25(40)17-5-9-21(30)10-6-17)14-23(24)16-3-7-20(29)8-4-16/h3-13,23-24H,14-15H2,1-2H3/t23-,24+/m0/s1. The van der Waals surface area contributed by atoms with Crippen LogP contribution in [0.2, 0.25) is 0 Å². The fourth-order valence-electron chi connectivity index (χ4n) is 4.78. The molecule has 0 unspecified atom stereocenters. The zero-order valence-corrected chi connectivity index (χ0v) is 21.6. The first-order valence-electron chi connectivity index (χ1n) is 12.2. The van der Waals surface area contributed by atoms with Crippen LogP contribution in [0.3, 0.4) is 0 Å². The zero-order chi connectivity index (χ0) is 30.3. The first-order valence-corrected chi connectivity index (χ1v) is 12.2. The molecule has 0 bridgehead atoms. The van der Waals surface area contributed by atoms with Gasteiger partial charge in [-0.05, 0) is 60.2 Å². The molecule has 0 radical (unpaired) electrons. The highest BCUT2D eigenvalue weighted by atomic mass is 19.4. The molecule has 0 spiro atoms. The molecule has 4 rings (SSSR count). The lowest BCUT2D eigenvalue weighted by Crippen LogP contribution is -2.47. The average molecular weight is 585 g/mol. The minimum absolute atomic E-state index is 0.0357. The van der Waals surface area contributed by atoms with Crippen molar-refractivity contribution < 1.29 is 44.7 Å². The van der Waals surface area contributed by atoms with E-state index in [9.17, 15) is 44.7 Å². The summed E-state index contributed by atoms with van der Waals surface area (Å²) in [7, 11) is 2.35. The fourth-order valence-corrected chi connectivity index (χ4v) is 4.78. The second-order valence-corrected chi connectivity index (χ2v) is 9.66. The summed E-state index contributed by atoms with van der Waals surface area (Å²) in [5.74, 6) is -2.16. The molecule has 0 aliphatic carbocycles. The molecule has 3 amide bonds. The number of amides is 3. The van der Waals surface area contributed by atoms with Crippen molar-refractivity contribution in [1.29, 1.82) is 0 Å². The van der Waals surface area contributed by atoms with Crippen LogP contribution in [0.4, 0.5) is 45.6 Å². The van der Waals surface area contributed by atoms with Crippen molar-refractivity contribution in [1.82, 2.24) is 9.80 Å². The third-order valence-corrected chi connectivity index (χ3v) is 7.01. The molecule has 1 aliphatic heterocycles. The van der Waals surface area contributed by atoms with E-state index in [1.165, 1.54) is 48.3 Å². The van der Waals surface area contributed by atoms with Crippen LogP contribution in [0.25, 0.3) is 0 Å². The number of benzene rings is 3. The number of rotatable bonds is 4. The molecule has 1 aliphatic rings. The molecule has 5 nitrogen and oxygen atoms in total. The van der Waals surface area contributed by atoms with Gasteiger partial charge in [0, 0.05) is 44.4 Å². The molecule has 1 fully saturated rings. The van der Waals surface area contributed by atoms with Crippen molar-refractivity contribution in [3.8, 4) is 0 Å². The van der Waals surface area contributed by atoms with Crippen molar-refractivity contribution in [3.05, 3.63) is 101 Å². The first-order chi connectivity index (χ1) is 19.1. The lowest BCUT2D eigenvalue weighted by molar-refractivity contribution is -0.143. The van der Waals surface area contributed by atoms with E-state index in [1.54, 1.807) is 0 Å². The number of halogens is 8. The van der Waals surface area contributed by atoms with Crippen molar-refractivity contribution >= 4 is 17.6 Å². The van der Waals surface area contributed by atoms with Crippen LogP contribution in [0.1, 0.15) is 33.0 Å². The summed E-state index contributed by atoms with van der Waals surface area (Å²) in [5.41, 5.74) is -3.08. The van der Waals surface area contributed by atoms with Crippen molar-refractivity contribution in [2.45, 2.75) is 24.3 Å². The minimum atomic E-state index is -5.11. The molecular weight excluding hydrogens is 562 g/mol. The number of likely N-dealkylation sites (tertiary alicyclic amines) is 1. The Kier molecular flexibility index (Phi) is 8.01. The highest BCUT2D eigenvalue weighted by molar-refractivity contribution is 5.95. The average Bonchev–Trinajstić information content (AvgIpc) is 3.36. The van der Waals surface area contributed by atoms with E-state index >= 15 is 0 Å². The zero-order valence-electron chi connectivity index (χ0n) is 21.6. The molecule has 2 atom stereocenters. The van der Waals surface area contributed by atoms with Gasteiger partial charge in [0.15, 0.2) is 0 Å². The number of nitrogens with zero attached hydrogens (tertiary/aromatic N) is 3. The fraction of sp³-hybridized carbons (Fsp3) is 0.286. The number of carbonyl (C=O) groups is 2. The highest BCUT2D eigenvalue weighted by Crippen LogP contribution is 2.39. The molecule has 0 N–H and O–H groups in total. The van der Waals surface area contributed by atoms with Gasteiger partial charge in [-0.2, -0.15) is 26.3 Å². The van der Waals surface area contributed by atoms with Crippen LogP contribution in [-0.4, -0.2) is 55.0 Å². The number of hydrogen-bond acceptors (Lipinski definition) is 2. The van der Waals surface area contributed by atoms with Gasteiger partial charge in [0.25, 0.3) is 5.91 Å². The van der Waals surface area contributed by atoms with Gasteiger partial charge in [-0.3, -0.25) is 9.69 Å². The normalized spacial score (nSPS) is 17.5. The van der Waals surface area contributed by atoms with Gasteiger partial charge >= 0.3 is 18.4 Å². The number of carbonyl (C=O) groups excluding carboxylic acids is 2. The van der Waals surface area contributed by atoms with Crippen molar-refractivity contribution in [3.63, 3.8) is 0 Å². The maximum atomic E-state index is 13.6. The van der Waals surface area contributed by atoms with Gasteiger partial charge < -0.3 is 9.80 Å². The third kappa shape index (κ3) is 6.44. The Morgan fingerprint density at radius 3 is 1.73 bits per heavy atom. The molecule has 13 heteroatoms. The van der Waals surface area contributed by atoms with Crippen molar-refractivity contribution in [2.24, 2.45) is 0 Å². The maximum absolute atomic E-state index is 13.6. The first kappa shape index (κ1) is 29.8. The highest BCUT2D eigenvalue weighted by Gasteiger charge is 2.42. The van der Waals surface area contributed by atoms with Crippen LogP contribution in [0, 0.1) is 11.6 Å². The number of anilines is 1. The van der Waals surface area contributed by atoms with Crippen LogP contribution < -0.4 is 4.90 Å². The topological polar surface area (TPSA) is 43.9 Å². The van der Waals surface area contributed by atoms with E-state index < -0.39 is 64.7 Å². The molecular formula is C28H23F8N3O2. The molecule has 3 aromatic carbocycles. The molecule has 1 saturated heterocycles. The summed E-state index contributed by atoms with van der Waals surface area (Å²) in [6.07, 6.45) is -10.2. The minimum Gasteiger partial charge on any atom is -0.336 e. The maximum Gasteiger partial charge on any atom is 0.416 e. The lowest BCUT2D eigenvalue weighted by atomic mass is 9.93. The Hall–Kier alpha value is -4.16. The molecule has 3 aromatic rings. The molecule has 0 aromatic heterocycles. The Bertz CT molecular complexity index is 1390. The van der Waals surface area contributed by atoms with E-state index in [0.717, 1.165) is 24.1 Å². The second-order valence-electron chi connectivity index (χ2n) is 9.66. The van der Waals surface area contributed by atoms with E-state index in [2.05, 4.69) is 0 Å². The predicted octanol–water partition coefficient (Wildman–Crippen LogP) is 6.80. The summed E-state index contributed by atoms with van der Waals surface area (Å²) in [6, 6.07) is 9.18.